The summed E-state index contributed by atoms with van der Waals surface area (Å²) in [6, 6.07) is 0. The van der Waals surface area contributed by atoms with Gasteiger partial charge in [-0.05, 0) is 13.3 Å². The van der Waals surface area contributed by atoms with E-state index >= 15 is 0 Å². The molecule has 0 radical (unpaired) electrons. The van der Waals surface area contributed by atoms with Crippen LogP contribution in [0, 0.1) is 0 Å². The van der Waals surface area contributed by atoms with Crippen LogP contribution in [0.4, 0.5) is 0 Å². The Morgan fingerprint density at radius 1 is 1.86 bits per heavy atom. The predicted octanol–water partition coefficient (Wildman–Crippen LogP) is 0.346. The normalized spacial score (nSPS) is 18.1. The van der Waals surface area contributed by atoms with Crippen molar-refractivity contribution in [3.63, 3.8) is 0 Å². The van der Waals surface area contributed by atoms with Gasteiger partial charge in [0.1, 0.15) is 5.60 Å². The zero-order valence-corrected chi connectivity index (χ0v) is 4.64. The molecule has 0 aliphatic heterocycles. The van der Waals surface area contributed by atoms with E-state index in [-0.39, 0.29) is 0 Å². The Kier molecular flexibility index (Phi) is 1.96. The third-order valence-electron chi connectivity index (χ3n) is 0.970. The van der Waals surface area contributed by atoms with Gasteiger partial charge in [0.05, 0.1) is 0 Å². The summed E-state index contributed by atoms with van der Waals surface area (Å²) in [5.74, 6) is 0. The molecule has 1 atom stereocenters. The molecule has 0 spiro atoms. The molecule has 0 aromatic carbocycles. The second-order valence-electron chi connectivity index (χ2n) is 1.83. The predicted molar refractivity (Wildman–Crippen MR) is 27.0 cm³/mol. The lowest BCUT2D eigenvalue weighted by Crippen LogP contribution is -2.23. The number of carbonyl (C=O) groups is 1. The monoisotopic (exact) mass is 102 g/mol. The fourth-order valence-corrected chi connectivity index (χ4v) is 0.0833. The molecule has 2 heteroatoms. The van der Waals surface area contributed by atoms with Gasteiger partial charge in [0.15, 0.2) is 6.29 Å². The zero-order chi connectivity index (χ0) is 5.91. The topological polar surface area (TPSA) is 37.3 Å². The van der Waals surface area contributed by atoms with Gasteiger partial charge < -0.3 is 9.90 Å². The van der Waals surface area contributed by atoms with Crippen molar-refractivity contribution in [2.75, 3.05) is 0 Å². The van der Waals surface area contributed by atoms with Crippen LogP contribution in [-0.4, -0.2) is 17.0 Å². The maximum Gasteiger partial charge on any atom is 0.151 e. The van der Waals surface area contributed by atoms with Crippen molar-refractivity contribution in [1.82, 2.24) is 0 Å². The second-order valence-corrected chi connectivity index (χ2v) is 1.83. The highest BCUT2D eigenvalue weighted by molar-refractivity contribution is 5.60. The van der Waals surface area contributed by atoms with E-state index in [1.54, 1.807) is 6.92 Å². The van der Waals surface area contributed by atoms with Gasteiger partial charge in [-0.25, -0.2) is 0 Å². The molecular formula is C5H10O2. The van der Waals surface area contributed by atoms with Crippen molar-refractivity contribution in [2.24, 2.45) is 0 Å². The van der Waals surface area contributed by atoms with Gasteiger partial charge in [-0.2, -0.15) is 0 Å². The van der Waals surface area contributed by atoms with Crippen LogP contribution in [0.25, 0.3) is 0 Å². The molecule has 0 fully saturated rings. The van der Waals surface area contributed by atoms with Crippen LogP contribution in [0.5, 0.6) is 0 Å². The average molecular weight is 102 g/mol. The van der Waals surface area contributed by atoms with Crippen molar-refractivity contribution in [3.8, 4) is 0 Å². The van der Waals surface area contributed by atoms with Gasteiger partial charge in [0.2, 0.25) is 0 Å². The minimum absolute atomic E-state index is 0.483. The van der Waals surface area contributed by atoms with Gasteiger partial charge in [-0.1, -0.05) is 6.92 Å². The molecule has 1 N–H and O–H groups in total. The van der Waals surface area contributed by atoms with Crippen LogP contribution in [-0.2, 0) is 4.79 Å². The van der Waals surface area contributed by atoms with Gasteiger partial charge in [-0.15, -0.1) is 0 Å². The van der Waals surface area contributed by atoms with E-state index in [1.807, 2.05) is 0 Å². The summed E-state index contributed by atoms with van der Waals surface area (Å²) in [5.41, 5.74) is -1.10. The Balaban J connectivity index is 3.58. The highest BCUT2D eigenvalue weighted by Crippen LogP contribution is 2.01. The molecule has 0 unspecified atom stereocenters. The first kappa shape index (κ1) is 6.63. The van der Waals surface area contributed by atoms with Crippen LogP contribution in [0.1, 0.15) is 20.3 Å². The third kappa shape index (κ3) is 2.34. The maximum atomic E-state index is 9.81. The molecule has 0 aromatic rings. The molecule has 0 aliphatic carbocycles. The Morgan fingerprint density at radius 3 is 2.29 bits per heavy atom. The largest absolute Gasteiger partial charge is 0.383 e. The molecule has 2 nitrogen and oxygen atoms in total. The van der Waals surface area contributed by atoms with Crippen LogP contribution < -0.4 is 0 Å². The minimum Gasteiger partial charge on any atom is -0.383 e. The minimum atomic E-state index is -1.10. The van der Waals surface area contributed by atoms with Gasteiger partial charge >= 0.3 is 0 Å². The summed E-state index contributed by atoms with van der Waals surface area (Å²) >= 11 is 0. The third-order valence-corrected chi connectivity index (χ3v) is 0.970. The molecule has 7 heavy (non-hydrogen) atoms. The lowest BCUT2D eigenvalue weighted by Gasteiger charge is -2.09. The highest BCUT2D eigenvalue weighted by Gasteiger charge is 2.13. The van der Waals surface area contributed by atoms with E-state index in [0.29, 0.717) is 12.7 Å². The standard InChI is InChI=1S/C5H10O2/c1-3-5(2,7)4-6/h4,7H,3H2,1-2H3/t5-/m0/s1. The van der Waals surface area contributed by atoms with Crippen molar-refractivity contribution < 1.29 is 9.90 Å². The quantitative estimate of drug-likeness (QED) is 0.511. The first-order valence-electron chi connectivity index (χ1n) is 2.31. The van der Waals surface area contributed by atoms with Gasteiger partial charge in [-0.3, -0.25) is 0 Å². The Labute approximate surface area is 43.2 Å². The van der Waals surface area contributed by atoms with Crippen LogP contribution >= 0.6 is 0 Å². The molecular weight excluding hydrogens is 92.1 g/mol. The lowest BCUT2D eigenvalue weighted by molar-refractivity contribution is -0.122. The molecule has 0 saturated heterocycles. The van der Waals surface area contributed by atoms with Gasteiger partial charge in [0, 0.05) is 0 Å². The summed E-state index contributed by atoms with van der Waals surface area (Å²) < 4.78 is 0. The number of aldehydes is 1. The molecule has 0 amide bonds. The van der Waals surface area contributed by atoms with E-state index in [0.717, 1.165) is 0 Å². The molecule has 0 aliphatic rings. The summed E-state index contributed by atoms with van der Waals surface area (Å²) in [6.07, 6.45) is 1.03. The molecule has 0 heterocycles. The summed E-state index contributed by atoms with van der Waals surface area (Å²) in [4.78, 5) is 9.81. The first-order chi connectivity index (χ1) is 3.12. The Bertz CT molecular complexity index is 66.5. The zero-order valence-electron chi connectivity index (χ0n) is 4.64. The number of hydrogen-bond donors (Lipinski definition) is 1. The molecule has 42 valence electrons. The molecule has 0 bridgehead atoms. The lowest BCUT2D eigenvalue weighted by atomic mass is 10.1. The summed E-state index contributed by atoms with van der Waals surface area (Å²) in [7, 11) is 0. The Hall–Kier alpha value is -0.370. The molecule has 0 aromatic heterocycles. The number of carbonyl (C=O) groups excluding carboxylic acids is 1. The average Bonchev–Trinajstić information content (AvgIpc) is 1.68. The smallest absolute Gasteiger partial charge is 0.151 e. The van der Waals surface area contributed by atoms with E-state index in [1.165, 1.54) is 6.92 Å². The first-order valence-corrected chi connectivity index (χ1v) is 2.31. The number of hydrogen-bond acceptors (Lipinski definition) is 2. The van der Waals surface area contributed by atoms with E-state index in [9.17, 15) is 4.79 Å². The van der Waals surface area contributed by atoms with E-state index in [4.69, 9.17) is 5.11 Å². The fourth-order valence-electron chi connectivity index (χ4n) is 0.0833. The molecule has 0 saturated carbocycles. The van der Waals surface area contributed by atoms with Crippen LogP contribution in [0.3, 0.4) is 0 Å². The van der Waals surface area contributed by atoms with Crippen molar-refractivity contribution in [2.45, 2.75) is 25.9 Å². The van der Waals surface area contributed by atoms with Crippen molar-refractivity contribution in [1.29, 1.82) is 0 Å². The van der Waals surface area contributed by atoms with E-state index < -0.39 is 5.60 Å². The van der Waals surface area contributed by atoms with E-state index in [2.05, 4.69) is 0 Å². The second kappa shape index (κ2) is 2.07. The summed E-state index contributed by atoms with van der Waals surface area (Å²) in [5, 5.41) is 8.76. The van der Waals surface area contributed by atoms with Crippen molar-refractivity contribution in [3.05, 3.63) is 0 Å². The number of aliphatic hydroxyl groups is 1. The Morgan fingerprint density at radius 2 is 2.29 bits per heavy atom. The van der Waals surface area contributed by atoms with Gasteiger partial charge in [0.25, 0.3) is 0 Å². The van der Waals surface area contributed by atoms with Crippen molar-refractivity contribution >= 4 is 6.29 Å². The van der Waals surface area contributed by atoms with Crippen LogP contribution in [0.2, 0.25) is 0 Å². The highest BCUT2D eigenvalue weighted by atomic mass is 16.3. The molecule has 0 rings (SSSR count). The maximum absolute atomic E-state index is 9.81. The number of rotatable bonds is 2. The SMILES string of the molecule is CC[C@](C)(O)C=O. The summed E-state index contributed by atoms with van der Waals surface area (Å²) in [6.45, 7) is 3.24. The fraction of sp³-hybridized carbons (Fsp3) is 0.800. The van der Waals surface area contributed by atoms with Crippen LogP contribution in [0.15, 0.2) is 0 Å².